The second-order valence-corrected chi connectivity index (χ2v) is 4.80. The van der Waals surface area contributed by atoms with Gasteiger partial charge in [-0.15, -0.1) is 0 Å². The van der Waals surface area contributed by atoms with E-state index in [1.165, 1.54) is 37.7 Å². The van der Waals surface area contributed by atoms with Crippen molar-refractivity contribution in [1.82, 2.24) is 0 Å². The van der Waals surface area contributed by atoms with Gasteiger partial charge in [-0.3, -0.25) is 0 Å². The summed E-state index contributed by atoms with van der Waals surface area (Å²) in [5.74, 6) is 0.602. The molecular weight excluding hydrogens is 188 g/mol. The molecule has 15 heavy (non-hydrogen) atoms. The normalized spacial score (nSPS) is 28.9. The molecule has 1 saturated carbocycles. The molecule has 0 aromatic carbocycles. The van der Waals surface area contributed by atoms with Crippen LogP contribution in [0.2, 0.25) is 0 Å². The number of rotatable bonds is 3. The van der Waals surface area contributed by atoms with Crippen molar-refractivity contribution in [2.75, 3.05) is 13.2 Å². The molecule has 1 heterocycles. The van der Waals surface area contributed by atoms with Gasteiger partial charge in [0.1, 0.15) is 6.10 Å². The van der Waals surface area contributed by atoms with E-state index in [4.69, 9.17) is 9.47 Å². The maximum atomic E-state index is 5.82. The minimum absolute atomic E-state index is 0.321. The molecule has 1 aliphatic heterocycles. The van der Waals surface area contributed by atoms with Gasteiger partial charge in [0.25, 0.3) is 0 Å². The van der Waals surface area contributed by atoms with Crippen LogP contribution in [0.3, 0.4) is 0 Å². The van der Waals surface area contributed by atoms with Gasteiger partial charge in [-0.05, 0) is 44.6 Å². The SMILES string of the molecule is CC(OC=C1CCCCC1)C1CCOC1. The van der Waals surface area contributed by atoms with E-state index < -0.39 is 0 Å². The topological polar surface area (TPSA) is 18.5 Å². The maximum Gasteiger partial charge on any atom is 0.100 e. The molecule has 2 atom stereocenters. The first kappa shape index (κ1) is 11.0. The van der Waals surface area contributed by atoms with Gasteiger partial charge in [-0.1, -0.05) is 6.42 Å². The number of allylic oxidation sites excluding steroid dienone is 1. The summed E-state index contributed by atoms with van der Waals surface area (Å²) < 4.78 is 11.2. The summed E-state index contributed by atoms with van der Waals surface area (Å²) >= 11 is 0. The lowest BCUT2D eigenvalue weighted by Crippen LogP contribution is -2.19. The Bertz CT molecular complexity index is 209. The first-order chi connectivity index (χ1) is 7.36. The smallest absolute Gasteiger partial charge is 0.100 e. The molecule has 1 aliphatic carbocycles. The third-order valence-electron chi connectivity index (χ3n) is 3.57. The molecule has 2 aliphatic rings. The van der Waals surface area contributed by atoms with Gasteiger partial charge in [-0.25, -0.2) is 0 Å². The Morgan fingerprint density at radius 1 is 1.33 bits per heavy atom. The van der Waals surface area contributed by atoms with Gasteiger partial charge in [0.05, 0.1) is 12.9 Å². The molecule has 0 aromatic heterocycles. The lowest BCUT2D eigenvalue weighted by atomic mass is 9.96. The van der Waals surface area contributed by atoms with Gasteiger partial charge in [0, 0.05) is 12.5 Å². The largest absolute Gasteiger partial charge is 0.498 e. The van der Waals surface area contributed by atoms with Crippen LogP contribution in [-0.4, -0.2) is 19.3 Å². The fourth-order valence-electron chi connectivity index (χ4n) is 2.36. The van der Waals surface area contributed by atoms with E-state index in [9.17, 15) is 0 Å². The summed E-state index contributed by atoms with van der Waals surface area (Å²) in [6.45, 7) is 3.96. The van der Waals surface area contributed by atoms with Crippen molar-refractivity contribution in [2.45, 2.75) is 51.6 Å². The van der Waals surface area contributed by atoms with Crippen LogP contribution in [0.25, 0.3) is 0 Å². The molecular formula is C13H22O2. The molecule has 86 valence electrons. The Hall–Kier alpha value is -0.500. The van der Waals surface area contributed by atoms with Crippen molar-refractivity contribution in [3.63, 3.8) is 0 Å². The van der Waals surface area contributed by atoms with Gasteiger partial charge in [0.15, 0.2) is 0 Å². The molecule has 0 spiro atoms. The van der Waals surface area contributed by atoms with Crippen molar-refractivity contribution < 1.29 is 9.47 Å². The van der Waals surface area contributed by atoms with Crippen molar-refractivity contribution >= 4 is 0 Å². The van der Waals surface area contributed by atoms with Crippen LogP contribution >= 0.6 is 0 Å². The van der Waals surface area contributed by atoms with Crippen LogP contribution in [0.1, 0.15) is 45.4 Å². The molecule has 0 aromatic rings. The molecule has 2 heteroatoms. The predicted molar refractivity (Wildman–Crippen MR) is 60.6 cm³/mol. The number of ether oxygens (including phenoxy) is 2. The molecule has 0 bridgehead atoms. The van der Waals surface area contributed by atoms with E-state index in [1.807, 2.05) is 6.26 Å². The Morgan fingerprint density at radius 2 is 2.13 bits per heavy atom. The van der Waals surface area contributed by atoms with E-state index in [0.717, 1.165) is 19.6 Å². The summed E-state index contributed by atoms with van der Waals surface area (Å²) in [4.78, 5) is 0. The van der Waals surface area contributed by atoms with Crippen LogP contribution in [0.5, 0.6) is 0 Å². The maximum absolute atomic E-state index is 5.82. The highest BCUT2D eigenvalue weighted by atomic mass is 16.5. The zero-order chi connectivity index (χ0) is 10.5. The second kappa shape index (κ2) is 5.55. The van der Waals surface area contributed by atoms with Crippen LogP contribution < -0.4 is 0 Å². The predicted octanol–water partition coefficient (Wildman–Crippen LogP) is 3.28. The Balaban J connectivity index is 1.75. The van der Waals surface area contributed by atoms with Crippen LogP contribution in [0, 0.1) is 5.92 Å². The first-order valence-corrected chi connectivity index (χ1v) is 6.27. The fraction of sp³-hybridized carbons (Fsp3) is 0.846. The minimum Gasteiger partial charge on any atom is -0.498 e. The lowest BCUT2D eigenvalue weighted by molar-refractivity contribution is 0.0860. The monoisotopic (exact) mass is 210 g/mol. The van der Waals surface area contributed by atoms with E-state index in [1.54, 1.807) is 0 Å². The third kappa shape index (κ3) is 3.23. The van der Waals surface area contributed by atoms with E-state index in [2.05, 4.69) is 6.92 Å². The molecule has 2 rings (SSSR count). The zero-order valence-corrected chi connectivity index (χ0v) is 9.71. The van der Waals surface area contributed by atoms with Gasteiger partial charge < -0.3 is 9.47 Å². The summed E-state index contributed by atoms with van der Waals surface area (Å²) in [6, 6.07) is 0. The van der Waals surface area contributed by atoms with Crippen LogP contribution in [0.15, 0.2) is 11.8 Å². The highest BCUT2D eigenvalue weighted by molar-refractivity contribution is 5.00. The second-order valence-electron chi connectivity index (χ2n) is 4.80. The fourth-order valence-corrected chi connectivity index (χ4v) is 2.36. The van der Waals surface area contributed by atoms with E-state index in [0.29, 0.717) is 12.0 Å². The van der Waals surface area contributed by atoms with Crippen LogP contribution in [-0.2, 0) is 9.47 Å². The van der Waals surface area contributed by atoms with Gasteiger partial charge in [0.2, 0.25) is 0 Å². The Kier molecular flexibility index (Phi) is 4.07. The van der Waals surface area contributed by atoms with Crippen LogP contribution in [0.4, 0.5) is 0 Å². The average molecular weight is 210 g/mol. The average Bonchev–Trinajstić information content (AvgIpc) is 2.81. The van der Waals surface area contributed by atoms with E-state index >= 15 is 0 Å². The first-order valence-electron chi connectivity index (χ1n) is 6.27. The quantitative estimate of drug-likeness (QED) is 0.666. The molecule has 0 radical (unpaired) electrons. The molecule has 0 amide bonds. The van der Waals surface area contributed by atoms with Crippen molar-refractivity contribution in [1.29, 1.82) is 0 Å². The minimum atomic E-state index is 0.321. The summed E-state index contributed by atoms with van der Waals surface area (Å²) in [5.41, 5.74) is 1.51. The number of hydrogen-bond acceptors (Lipinski definition) is 2. The third-order valence-corrected chi connectivity index (χ3v) is 3.57. The van der Waals surface area contributed by atoms with Crippen molar-refractivity contribution in [3.8, 4) is 0 Å². The highest BCUT2D eigenvalue weighted by Crippen LogP contribution is 2.24. The molecule has 2 nitrogen and oxygen atoms in total. The lowest BCUT2D eigenvalue weighted by Gasteiger charge is -2.19. The standard InChI is InChI=1S/C13H22O2/c1-11(13-7-8-14-10-13)15-9-12-5-3-2-4-6-12/h9,11,13H,2-8,10H2,1H3. The van der Waals surface area contributed by atoms with Crippen molar-refractivity contribution in [3.05, 3.63) is 11.8 Å². The van der Waals surface area contributed by atoms with Gasteiger partial charge >= 0.3 is 0 Å². The highest BCUT2D eigenvalue weighted by Gasteiger charge is 2.22. The summed E-state index contributed by atoms with van der Waals surface area (Å²) in [6.07, 6.45) is 10.1. The van der Waals surface area contributed by atoms with E-state index in [-0.39, 0.29) is 0 Å². The Labute approximate surface area is 92.6 Å². The summed E-state index contributed by atoms with van der Waals surface area (Å²) in [5, 5.41) is 0. The van der Waals surface area contributed by atoms with Gasteiger partial charge in [-0.2, -0.15) is 0 Å². The molecule has 2 fully saturated rings. The molecule has 1 saturated heterocycles. The number of hydrogen-bond donors (Lipinski definition) is 0. The Morgan fingerprint density at radius 3 is 2.80 bits per heavy atom. The summed E-state index contributed by atoms with van der Waals surface area (Å²) in [7, 11) is 0. The molecule has 0 N–H and O–H groups in total. The molecule has 2 unspecified atom stereocenters. The van der Waals surface area contributed by atoms with Crippen molar-refractivity contribution in [2.24, 2.45) is 5.92 Å². The zero-order valence-electron chi connectivity index (χ0n) is 9.71.